The summed E-state index contributed by atoms with van der Waals surface area (Å²) in [5.41, 5.74) is 0.367. The van der Waals surface area contributed by atoms with Crippen LogP contribution in [0, 0.1) is 0 Å². The molecule has 15 heavy (non-hydrogen) atoms. The number of hydrogen-bond acceptors (Lipinski definition) is 4. The van der Waals surface area contributed by atoms with Gasteiger partial charge in [0.1, 0.15) is 0 Å². The van der Waals surface area contributed by atoms with Crippen LogP contribution in [0.15, 0.2) is 22.7 Å². The SMILES string of the molecule is COC(=O)c1ccc(Br)cc1C(=O)OC. The average molecular weight is 273 g/mol. The van der Waals surface area contributed by atoms with E-state index in [0.717, 1.165) is 0 Å². The van der Waals surface area contributed by atoms with Gasteiger partial charge in [-0.2, -0.15) is 0 Å². The van der Waals surface area contributed by atoms with Crippen molar-refractivity contribution in [1.82, 2.24) is 0 Å². The summed E-state index contributed by atoms with van der Waals surface area (Å²) in [5, 5.41) is 0. The number of rotatable bonds is 2. The molecule has 0 radical (unpaired) electrons. The van der Waals surface area contributed by atoms with Crippen LogP contribution >= 0.6 is 15.9 Å². The van der Waals surface area contributed by atoms with E-state index in [2.05, 4.69) is 25.4 Å². The third kappa shape index (κ3) is 2.56. The van der Waals surface area contributed by atoms with Gasteiger partial charge >= 0.3 is 11.9 Å². The Hall–Kier alpha value is -1.36. The van der Waals surface area contributed by atoms with Gasteiger partial charge in [0.05, 0.1) is 25.3 Å². The van der Waals surface area contributed by atoms with E-state index < -0.39 is 11.9 Å². The van der Waals surface area contributed by atoms with Crippen molar-refractivity contribution >= 4 is 27.9 Å². The number of carbonyl (C=O) groups is 2. The lowest BCUT2D eigenvalue weighted by atomic mass is 10.1. The summed E-state index contributed by atoms with van der Waals surface area (Å²) in [6, 6.07) is 4.67. The van der Waals surface area contributed by atoms with Gasteiger partial charge in [0.2, 0.25) is 0 Å². The zero-order valence-corrected chi connectivity index (χ0v) is 9.83. The van der Waals surface area contributed by atoms with Gasteiger partial charge < -0.3 is 9.47 Å². The van der Waals surface area contributed by atoms with E-state index in [-0.39, 0.29) is 11.1 Å². The molecule has 0 amide bonds. The number of halogens is 1. The molecule has 0 unspecified atom stereocenters. The highest BCUT2D eigenvalue weighted by Gasteiger charge is 2.18. The average Bonchev–Trinajstić information content (AvgIpc) is 2.26. The highest BCUT2D eigenvalue weighted by atomic mass is 79.9. The smallest absolute Gasteiger partial charge is 0.338 e. The molecule has 0 saturated heterocycles. The second-order valence-electron chi connectivity index (χ2n) is 2.67. The third-order valence-electron chi connectivity index (χ3n) is 1.79. The van der Waals surface area contributed by atoms with Gasteiger partial charge in [0, 0.05) is 4.47 Å². The molecular formula is C10H9BrO4. The summed E-state index contributed by atoms with van der Waals surface area (Å²) < 4.78 is 9.80. The lowest BCUT2D eigenvalue weighted by molar-refractivity contribution is 0.0555. The Balaban J connectivity index is 3.26. The lowest BCUT2D eigenvalue weighted by Gasteiger charge is -2.06. The fourth-order valence-corrected chi connectivity index (χ4v) is 1.44. The van der Waals surface area contributed by atoms with Crippen LogP contribution in [-0.2, 0) is 9.47 Å². The van der Waals surface area contributed by atoms with Crippen molar-refractivity contribution < 1.29 is 19.1 Å². The van der Waals surface area contributed by atoms with Crippen molar-refractivity contribution in [3.63, 3.8) is 0 Å². The van der Waals surface area contributed by atoms with Gasteiger partial charge in [-0.15, -0.1) is 0 Å². The molecule has 4 nitrogen and oxygen atoms in total. The molecule has 0 bridgehead atoms. The van der Waals surface area contributed by atoms with Crippen LogP contribution in [0.25, 0.3) is 0 Å². The standard InChI is InChI=1S/C10H9BrO4/c1-14-9(12)7-4-3-6(11)5-8(7)10(13)15-2/h3-5H,1-2H3. The summed E-state index contributed by atoms with van der Waals surface area (Å²) in [6.45, 7) is 0. The first-order valence-corrected chi connectivity index (χ1v) is 4.85. The van der Waals surface area contributed by atoms with E-state index in [4.69, 9.17) is 0 Å². The monoisotopic (exact) mass is 272 g/mol. The Morgan fingerprint density at radius 1 is 1.07 bits per heavy atom. The summed E-state index contributed by atoms with van der Waals surface area (Å²) >= 11 is 3.20. The normalized spacial score (nSPS) is 9.53. The van der Waals surface area contributed by atoms with Crippen LogP contribution in [0.1, 0.15) is 20.7 Å². The highest BCUT2D eigenvalue weighted by Crippen LogP contribution is 2.18. The zero-order valence-electron chi connectivity index (χ0n) is 8.24. The van der Waals surface area contributed by atoms with Crippen molar-refractivity contribution in [2.24, 2.45) is 0 Å². The number of benzene rings is 1. The maximum atomic E-state index is 11.4. The van der Waals surface area contributed by atoms with E-state index in [1.165, 1.54) is 26.4 Å². The van der Waals surface area contributed by atoms with Gasteiger partial charge in [0.15, 0.2) is 0 Å². The molecule has 0 atom stereocenters. The van der Waals surface area contributed by atoms with Gasteiger partial charge in [-0.3, -0.25) is 0 Å². The Labute approximate surface area is 95.3 Å². The first kappa shape index (κ1) is 11.7. The van der Waals surface area contributed by atoms with Gasteiger partial charge in [-0.1, -0.05) is 15.9 Å². The van der Waals surface area contributed by atoms with Crippen molar-refractivity contribution in [3.8, 4) is 0 Å². The van der Waals surface area contributed by atoms with Crippen LogP contribution < -0.4 is 0 Å². The minimum atomic E-state index is -0.572. The Morgan fingerprint density at radius 2 is 1.60 bits per heavy atom. The second-order valence-corrected chi connectivity index (χ2v) is 3.59. The maximum absolute atomic E-state index is 11.4. The molecule has 0 aliphatic heterocycles. The Bertz CT molecular complexity index is 400. The largest absolute Gasteiger partial charge is 0.465 e. The van der Waals surface area contributed by atoms with Crippen molar-refractivity contribution in [2.75, 3.05) is 14.2 Å². The van der Waals surface area contributed by atoms with Gasteiger partial charge in [-0.25, -0.2) is 9.59 Å². The molecule has 0 aromatic heterocycles. The molecule has 0 heterocycles. The fourth-order valence-electron chi connectivity index (χ4n) is 1.08. The van der Waals surface area contributed by atoms with Crippen LogP contribution in [0.4, 0.5) is 0 Å². The number of hydrogen-bond donors (Lipinski definition) is 0. The minimum absolute atomic E-state index is 0.179. The summed E-state index contributed by atoms with van der Waals surface area (Å²) in [4.78, 5) is 22.7. The number of ether oxygens (including phenoxy) is 2. The Morgan fingerprint density at radius 3 is 2.13 bits per heavy atom. The van der Waals surface area contributed by atoms with E-state index in [9.17, 15) is 9.59 Å². The molecule has 1 aromatic rings. The molecule has 0 saturated carbocycles. The second kappa shape index (κ2) is 4.93. The van der Waals surface area contributed by atoms with Crippen LogP contribution in [-0.4, -0.2) is 26.2 Å². The van der Waals surface area contributed by atoms with E-state index in [1.807, 2.05) is 0 Å². The quantitative estimate of drug-likeness (QED) is 0.773. The molecule has 0 N–H and O–H groups in total. The summed E-state index contributed by atoms with van der Waals surface area (Å²) in [5.74, 6) is -1.14. The minimum Gasteiger partial charge on any atom is -0.465 e. The topological polar surface area (TPSA) is 52.6 Å². The van der Waals surface area contributed by atoms with Gasteiger partial charge in [0.25, 0.3) is 0 Å². The first-order chi connectivity index (χ1) is 7.10. The predicted octanol–water partition coefficient (Wildman–Crippen LogP) is 2.02. The molecule has 0 aliphatic rings. The fraction of sp³-hybridized carbons (Fsp3) is 0.200. The van der Waals surface area contributed by atoms with Crippen LogP contribution in [0.5, 0.6) is 0 Å². The highest BCUT2D eigenvalue weighted by molar-refractivity contribution is 9.10. The Kier molecular flexibility index (Phi) is 3.85. The molecule has 1 rings (SSSR count). The van der Waals surface area contributed by atoms with Gasteiger partial charge in [-0.05, 0) is 18.2 Å². The number of methoxy groups -OCH3 is 2. The third-order valence-corrected chi connectivity index (χ3v) is 2.29. The van der Waals surface area contributed by atoms with E-state index in [0.29, 0.717) is 4.47 Å². The molecule has 80 valence electrons. The number of esters is 2. The van der Waals surface area contributed by atoms with Crippen molar-refractivity contribution in [3.05, 3.63) is 33.8 Å². The summed E-state index contributed by atoms with van der Waals surface area (Å²) in [7, 11) is 2.51. The molecule has 1 aromatic carbocycles. The van der Waals surface area contributed by atoms with E-state index >= 15 is 0 Å². The maximum Gasteiger partial charge on any atom is 0.338 e. The predicted molar refractivity (Wildman–Crippen MR) is 56.8 cm³/mol. The molecule has 0 fully saturated rings. The van der Waals surface area contributed by atoms with E-state index in [1.54, 1.807) is 6.07 Å². The van der Waals surface area contributed by atoms with Crippen molar-refractivity contribution in [2.45, 2.75) is 0 Å². The van der Waals surface area contributed by atoms with Crippen LogP contribution in [0.2, 0.25) is 0 Å². The molecular weight excluding hydrogens is 264 g/mol. The molecule has 0 aliphatic carbocycles. The zero-order chi connectivity index (χ0) is 11.4. The lowest BCUT2D eigenvalue weighted by Crippen LogP contribution is -2.11. The molecule has 5 heteroatoms. The first-order valence-electron chi connectivity index (χ1n) is 4.06. The number of carbonyl (C=O) groups excluding carboxylic acids is 2. The van der Waals surface area contributed by atoms with Crippen molar-refractivity contribution in [1.29, 1.82) is 0 Å². The van der Waals surface area contributed by atoms with Crippen LogP contribution in [0.3, 0.4) is 0 Å². The molecule has 0 spiro atoms. The summed E-state index contributed by atoms with van der Waals surface area (Å²) in [6.07, 6.45) is 0.